The lowest BCUT2D eigenvalue weighted by molar-refractivity contribution is 0.0956. The first-order valence-electron chi connectivity index (χ1n) is 9.50. The summed E-state index contributed by atoms with van der Waals surface area (Å²) in [6.45, 7) is 2.66. The van der Waals surface area contributed by atoms with Crippen LogP contribution in [0.1, 0.15) is 21.5 Å². The number of carbonyl (C=O) groups excluding carboxylic acids is 1. The van der Waals surface area contributed by atoms with Gasteiger partial charge in [0.1, 0.15) is 0 Å². The number of pyridine rings is 1. The van der Waals surface area contributed by atoms with Crippen LogP contribution in [0.4, 0.5) is 0 Å². The molecule has 0 aliphatic carbocycles. The van der Waals surface area contributed by atoms with Crippen molar-refractivity contribution in [2.24, 2.45) is 0 Å². The highest BCUT2D eigenvalue weighted by Crippen LogP contribution is 2.27. The predicted molar refractivity (Wildman–Crippen MR) is 114 cm³/mol. The molecular formula is C25H22N2O. The summed E-state index contributed by atoms with van der Waals surface area (Å²) in [5.74, 6) is -0.0654. The Kier molecular flexibility index (Phi) is 5.16. The van der Waals surface area contributed by atoms with Gasteiger partial charge in [0.15, 0.2) is 0 Å². The van der Waals surface area contributed by atoms with Crippen LogP contribution < -0.4 is 5.32 Å². The number of nitrogens with one attached hydrogen (secondary N) is 1. The number of hydrogen-bond acceptors (Lipinski definition) is 2. The fourth-order valence-corrected chi connectivity index (χ4v) is 3.42. The molecule has 4 aromatic rings. The van der Waals surface area contributed by atoms with E-state index in [1.54, 1.807) is 0 Å². The summed E-state index contributed by atoms with van der Waals surface area (Å²) in [5, 5.41) is 3.94. The van der Waals surface area contributed by atoms with Crippen LogP contribution >= 0.6 is 0 Å². The molecule has 0 bridgehead atoms. The molecule has 0 spiro atoms. The van der Waals surface area contributed by atoms with Gasteiger partial charge in [-0.3, -0.25) is 4.79 Å². The van der Waals surface area contributed by atoms with Crippen molar-refractivity contribution in [3.8, 4) is 11.3 Å². The van der Waals surface area contributed by atoms with Gasteiger partial charge in [0.2, 0.25) is 0 Å². The third-order valence-corrected chi connectivity index (χ3v) is 4.92. The van der Waals surface area contributed by atoms with Crippen LogP contribution in [-0.4, -0.2) is 17.4 Å². The van der Waals surface area contributed by atoms with Gasteiger partial charge < -0.3 is 5.32 Å². The van der Waals surface area contributed by atoms with E-state index in [2.05, 4.69) is 30.4 Å². The summed E-state index contributed by atoms with van der Waals surface area (Å²) in [4.78, 5) is 17.8. The van der Waals surface area contributed by atoms with Crippen molar-refractivity contribution in [1.82, 2.24) is 10.3 Å². The topological polar surface area (TPSA) is 42.0 Å². The zero-order chi connectivity index (χ0) is 19.3. The summed E-state index contributed by atoms with van der Waals surface area (Å²) in [6.07, 6.45) is 0.806. The maximum atomic E-state index is 13.0. The van der Waals surface area contributed by atoms with Crippen molar-refractivity contribution in [3.05, 3.63) is 102 Å². The van der Waals surface area contributed by atoms with Crippen LogP contribution in [0.5, 0.6) is 0 Å². The minimum atomic E-state index is -0.0654. The number of aromatic nitrogens is 1. The summed E-state index contributed by atoms with van der Waals surface area (Å²) < 4.78 is 0. The Morgan fingerprint density at radius 2 is 1.61 bits per heavy atom. The van der Waals surface area contributed by atoms with E-state index < -0.39 is 0 Å². The molecule has 4 rings (SSSR count). The van der Waals surface area contributed by atoms with Crippen LogP contribution in [-0.2, 0) is 6.42 Å². The molecule has 0 saturated heterocycles. The molecule has 0 radical (unpaired) electrons. The number of rotatable bonds is 5. The smallest absolute Gasteiger partial charge is 0.252 e. The number of benzene rings is 3. The minimum absolute atomic E-state index is 0.0654. The van der Waals surface area contributed by atoms with Crippen molar-refractivity contribution in [1.29, 1.82) is 0 Å². The summed E-state index contributed by atoms with van der Waals surface area (Å²) >= 11 is 0. The largest absolute Gasteiger partial charge is 0.352 e. The summed E-state index contributed by atoms with van der Waals surface area (Å²) in [7, 11) is 0. The van der Waals surface area contributed by atoms with Crippen LogP contribution in [0.15, 0.2) is 84.9 Å². The van der Waals surface area contributed by atoms with Crippen molar-refractivity contribution >= 4 is 16.8 Å². The third kappa shape index (κ3) is 3.79. The highest BCUT2D eigenvalue weighted by Gasteiger charge is 2.14. The standard InChI is InChI=1S/C25H22N2O/c1-18-9-5-6-12-20(18)24-17-22(21-13-7-8-14-23(21)27-24)25(28)26-16-15-19-10-3-2-4-11-19/h2-14,17H,15-16H2,1H3,(H,26,28). The second-order valence-corrected chi connectivity index (χ2v) is 6.88. The molecule has 0 saturated carbocycles. The lowest BCUT2D eigenvalue weighted by Gasteiger charge is -2.12. The summed E-state index contributed by atoms with van der Waals surface area (Å²) in [5.41, 5.74) is 5.72. The fourth-order valence-electron chi connectivity index (χ4n) is 3.42. The third-order valence-electron chi connectivity index (χ3n) is 4.92. The molecule has 1 amide bonds. The van der Waals surface area contributed by atoms with E-state index in [9.17, 15) is 4.79 Å². The molecule has 3 nitrogen and oxygen atoms in total. The molecule has 0 unspecified atom stereocenters. The zero-order valence-corrected chi connectivity index (χ0v) is 15.9. The van der Waals surface area contributed by atoms with E-state index in [0.29, 0.717) is 12.1 Å². The number of aryl methyl sites for hydroxylation is 1. The average molecular weight is 366 g/mol. The van der Waals surface area contributed by atoms with Crippen molar-refractivity contribution < 1.29 is 4.79 Å². The first-order chi connectivity index (χ1) is 13.7. The lowest BCUT2D eigenvalue weighted by atomic mass is 10.0. The number of nitrogens with zero attached hydrogens (tertiary/aromatic N) is 1. The molecule has 3 heteroatoms. The highest BCUT2D eigenvalue weighted by molar-refractivity contribution is 6.07. The van der Waals surface area contributed by atoms with Crippen LogP contribution in [0.25, 0.3) is 22.2 Å². The van der Waals surface area contributed by atoms with Gasteiger partial charge >= 0.3 is 0 Å². The SMILES string of the molecule is Cc1ccccc1-c1cc(C(=O)NCCc2ccccc2)c2ccccc2n1. The molecule has 0 aliphatic rings. The van der Waals surface area contributed by atoms with Gasteiger partial charge in [-0.05, 0) is 36.6 Å². The van der Waals surface area contributed by atoms with Crippen LogP contribution in [0, 0.1) is 6.92 Å². The van der Waals surface area contributed by atoms with E-state index in [-0.39, 0.29) is 5.91 Å². The first kappa shape index (κ1) is 17.9. The number of amides is 1. The van der Waals surface area contributed by atoms with Gasteiger partial charge in [0.05, 0.1) is 16.8 Å². The molecule has 3 aromatic carbocycles. The molecule has 138 valence electrons. The quantitative estimate of drug-likeness (QED) is 0.529. The Morgan fingerprint density at radius 1 is 0.893 bits per heavy atom. The van der Waals surface area contributed by atoms with E-state index in [1.165, 1.54) is 5.56 Å². The Labute approximate surface area is 165 Å². The molecule has 1 aromatic heterocycles. The van der Waals surface area contributed by atoms with E-state index in [0.717, 1.165) is 34.1 Å². The monoisotopic (exact) mass is 366 g/mol. The Balaban J connectivity index is 1.65. The van der Waals surface area contributed by atoms with Gasteiger partial charge in [0, 0.05) is 17.5 Å². The molecule has 28 heavy (non-hydrogen) atoms. The maximum absolute atomic E-state index is 13.0. The lowest BCUT2D eigenvalue weighted by Crippen LogP contribution is -2.26. The zero-order valence-electron chi connectivity index (χ0n) is 15.9. The molecule has 1 N–H and O–H groups in total. The first-order valence-corrected chi connectivity index (χ1v) is 9.50. The fraction of sp³-hybridized carbons (Fsp3) is 0.120. The average Bonchev–Trinajstić information content (AvgIpc) is 2.74. The Hall–Kier alpha value is -3.46. The van der Waals surface area contributed by atoms with Crippen LogP contribution in [0.2, 0.25) is 0 Å². The van der Waals surface area contributed by atoms with E-state index in [1.807, 2.05) is 66.7 Å². The number of fused-ring (bicyclic) bond motifs is 1. The van der Waals surface area contributed by atoms with Crippen molar-refractivity contribution in [3.63, 3.8) is 0 Å². The Morgan fingerprint density at radius 3 is 2.43 bits per heavy atom. The number of carbonyl (C=O) groups is 1. The van der Waals surface area contributed by atoms with E-state index in [4.69, 9.17) is 4.98 Å². The minimum Gasteiger partial charge on any atom is -0.352 e. The molecule has 0 aliphatic heterocycles. The van der Waals surface area contributed by atoms with Gasteiger partial charge in [-0.15, -0.1) is 0 Å². The molecular weight excluding hydrogens is 344 g/mol. The Bertz CT molecular complexity index is 1120. The molecule has 0 fully saturated rings. The highest BCUT2D eigenvalue weighted by atomic mass is 16.1. The van der Waals surface area contributed by atoms with Gasteiger partial charge in [0.25, 0.3) is 5.91 Å². The van der Waals surface area contributed by atoms with Gasteiger partial charge in [-0.2, -0.15) is 0 Å². The second kappa shape index (κ2) is 8.05. The molecule has 1 heterocycles. The number of hydrogen-bond donors (Lipinski definition) is 1. The van der Waals surface area contributed by atoms with Gasteiger partial charge in [-0.25, -0.2) is 4.98 Å². The van der Waals surface area contributed by atoms with Crippen LogP contribution in [0.3, 0.4) is 0 Å². The van der Waals surface area contributed by atoms with E-state index >= 15 is 0 Å². The molecule has 0 atom stereocenters. The van der Waals surface area contributed by atoms with Crippen molar-refractivity contribution in [2.45, 2.75) is 13.3 Å². The predicted octanol–water partition coefficient (Wildman–Crippen LogP) is 5.18. The van der Waals surface area contributed by atoms with Crippen molar-refractivity contribution in [2.75, 3.05) is 6.54 Å². The maximum Gasteiger partial charge on any atom is 0.252 e. The summed E-state index contributed by atoms with van der Waals surface area (Å²) in [6, 6.07) is 28.0. The van der Waals surface area contributed by atoms with Gasteiger partial charge in [-0.1, -0.05) is 72.8 Å². The number of para-hydroxylation sites is 1. The second-order valence-electron chi connectivity index (χ2n) is 6.88. The normalized spacial score (nSPS) is 10.8.